The number of hydrogen-bond donors (Lipinski definition) is 2. The van der Waals surface area contributed by atoms with E-state index in [-0.39, 0.29) is 18.4 Å². The van der Waals surface area contributed by atoms with Crippen LogP contribution in [0.15, 0.2) is 0 Å². The van der Waals surface area contributed by atoms with Crippen molar-refractivity contribution in [1.29, 1.82) is 0 Å². The number of nitrogens with two attached hydrogens (primary N) is 1. The molecule has 74 valence electrons. The highest BCUT2D eigenvalue weighted by Gasteiger charge is 2.22. The molecular formula is C8H19ClN2O. The Balaban J connectivity index is 0.00000121. The van der Waals surface area contributed by atoms with Crippen molar-refractivity contribution in [1.82, 2.24) is 5.32 Å². The van der Waals surface area contributed by atoms with Crippen LogP contribution in [0.5, 0.6) is 0 Å². The normalized spacial score (nSPS) is 30.0. The summed E-state index contributed by atoms with van der Waals surface area (Å²) >= 11 is 0. The first-order valence-corrected chi connectivity index (χ1v) is 4.29. The molecule has 1 aliphatic heterocycles. The van der Waals surface area contributed by atoms with Crippen LogP contribution in [-0.2, 0) is 4.74 Å². The van der Waals surface area contributed by atoms with Crippen molar-refractivity contribution in [3.05, 3.63) is 0 Å². The first-order chi connectivity index (χ1) is 5.20. The van der Waals surface area contributed by atoms with Crippen molar-refractivity contribution < 1.29 is 4.74 Å². The van der Waals surface area contributed by atoms with E-state index in [1.54, 1.807) is 0 Å². The van der Waals surface area contributed by atoms with Gasteiger partial charge in [-0.25, -0.2) is 0 Å². The molecule has 0 aromatic carbocycles. The Morgan fingerprint density at radius 2 is 2.17 bits per heavy atom. The van der Waals surface area contributed by atoms with Gasteiger partial charge in [0.2, 0.25) is 0 Å². The Morgan fingerprint density at radius 3 is 2.67 bits per heavy atom. The summed E-state index contributed by atoms with van der Waals surface area (Å²) in [5.41, 5.74) is 5.88. The van der Waals surface area contributed by atoms with Gasteiger partial charge in [-0.2, -0.15) is 0 Å². The van der Waals surface area contributed by atoms with Crippen molar-refractivity contribution in [2.45, 2.75) is 38.4 Å². The molecule has 0 saturated carbocycles. The molecule has 1 heterocycles. The summed E-state index contributed by atoms with van der Waals surface area (Å²) in [6.45, 7) is 5.83. The lowest BCUT2D eigenvalue weighted by Crippen LogP contribution is -2.53. The van der Waals surface area contributed by atoms with Gasteiger partial charge in [-0.05, 0) is 6.42 Å². The Labute approximate surface area is 80.4 Å². The van der Waals surface area contributed by atoms with E-state index < -0.39 is 0 Å². The third-order valence-electron chi connectivity index (χ3n) is 1.96. The van der Waals surface area contributed by atoms with Crippen LogP contribution in [0.25, 0.3) is 0 Å². The predicted molar refractivity (Wildman–Crippen MR) is 52.7 cm³/mol. The molecule has 1 fully saturated rings. The van der Waals surface area contributed by atoms with Gasteiger partial charge in [0.1, 0.15) is 0 Å². The zero-order chi connectivity index (χ0) is 8.27. The minimum atomic E-state index is 0. The topological polar surface area (TPSA) is 47.3 Å². The third-order valence-corrected chi connectivity index (χ3v) is 1.96. The quantitative estimate of drug-likeness (QED) is 0.674. The Morgan fingerprint density at radius 1 is 1.50 bits per heavy atom. The fraction of sp³-hybridized carbons (Fsp3) is 1.00. The zero-order valence-electron chi connectivity index (χ0n) is 7.75. The molecule has 0 bridgehead atoms. The maximum atomic E-state index is 5.88. The minimum Gasteiger partial charge on any atom is -0.380 e. The molecule has 1 rings (SSSR count). The van der Waals surface area contributed by atoms with Gasteiger partial charge in [-0.15, -0.1) is 12.4 Å². The summed E-state index contributed by atoms with van der Waals surface area (Å²) in [6.07, 6.45) is 0.977. The first kappa shape index (κ1) is 12.2. The molecule has 0 aliphatic carbocycles. The Bertz CT molecular complexity index is 122. The average Bonchev–Trinajstić information content (AvgIpc) is 1.93. The number of nitrogens with one attached hydrogen (secondary N) is 1. The van der Waals surface area contributed by atoms with Gasteiger partial charge >= 0.3 is 0 Å². The molecule has 12 heavy (non-hydrogen) atoms. The molecule has 1 saturated heterocycles. The SMILES string of the molecule is CC(C)NC1COCCC1N.Cl. The zero-order valence-corrected chi connectivity index (χ0v) is 8.56. The molecular weight excluding hydrogens is 176 g/mol. The number of rotatable bonds is 2. The van der Waals surface area contributed by atoms with E-state index >= 15 is 0 Å². The van der Waals surface area contributed by atoms with E-state index in [1.165, 1.54) is 0 Å². The summed E-state index contributed by atoms with van der Waals surface area (Å²) in [5.74, 6) is 0. The summed E-state index contributed by atoms with van der Waals surface area (Å²) < 4.78 is 5.31. The van der Waals surface area contributed by atoms with Crippen LogP contribution in [0.4, 0.5) is 0 Å². The molecule has 0 radical (unpaired) electrons. The lowest BCUT2D eigenvalue weighted by atomic mass is 10.0. The summed E-state index contributed by atoms with van der Waals surface area (Å²) in [5, 5.41) is 3.38. The minimum absolute atomic E-state index is 0. The Hall–Kier alpha value is 0.170. The molecule has 0 aromatic rings. The number of hydrogen-bond acceptors (Lipinski definition) is 3. The third kappa shape index (κ3) is 3.72. The predicted octanol–water partition coefficient (Wildman–Crippen LogP) is 0.522. The number of halogens is 1. The van der Waals surface area contributed by atoms with Gasteiger partial charge in [-0.1, -0.05) is 13.8 Å². The van der Waals surface area contributed by atoms with Crippen LogP contribution >= 0.6 is 12.4 Å². The van der Waals surface area contributed by atoms with E-state index in [0.717, 1.165) is 19.6 Å². The van der Waals surface area contributed by atoms with Crippen LogP contribution in [0.3, 0.4) is 0 Å². The highest BCUT2D eigenvalue weighted by molar-refractivity contribution is 5.85. The monoisotopic (exact) mass is 194 g/mol. The molecule has 0 aromatic heterocycles. The molecule has 3 nitrogen and oxygen atoms in total. The largest absolute Gasteiger partial charge is 0.380 e. The van der Waals surface area contributed by atoms with E-state index in [4.69, 9.17) is 10.5 Å². The second-order valence-electron chi connectivity index (χ2n) is 3.46. The molecule has 1 aliphatic rings. The van der Waals surface area contributed by atoms with Gasteiger partial charge < -0.3 is 15.8 Å². The van der Waals surface area contributed by atoms with Gasteiger partial charge in [0, 0.05) is 24.7 Å². The van der Waals surface area contributed by atoms with Crippen LogP contribution < -0.4 is 11.1 Å². The van der Waals surface area contributed by atoms with Crippen LogP contribution in [0, 0.1) is 0 Å². The fourth-order valence-electron chi connectivity index (χ4n) is 1.35. The molecule has 4 heteroatoms. The van der Waals surface area contributed by atoms with E-state index in [1.807, 2.05) is 0 Å². The van der Waals surface area contributed by atoms with Crippen molar-refractivity contribution in [2.75, 3.05) is 13.2 Å². The van der Waals surface area contributed by atoms with E-state index in [0.29, 0.717) is 12.1 Å². The average molecular weight is 195 g/mol. The summed E-state index contributed by atoms with van der Waals surface area (Å²) in [7, 11) is 0. The fourth-order valence-corrected chi connectivity index (χ4v) is 1.35. The van der Waals surface area contributed by atoms with Gasteiger partial charge in [-0.3, -0.25) is 0 Å². The highest BCUT2D eigenvalue weighted by Crippen LogP contribution is 2.05. The van der Waals surface area contributed by atoms with Crippen molar-refractivity contribution >= 4 is 12.4 Å². The van der Waals surface area contributed by atoms with Gasteiger partial charge in [0.25, 0.3) is 0 Å². The van der Waals surface area contributed by atoms with Gasteiger partial charge in [0.15, 0.2) is 0 Å². The van der Waals surface area contributed by atoms with E-state index in [2.05, 4.69) is 19.2 Å². The second-order valence-corrected chi connectivity index (χ2v) is 3.46. The number of ether oxygens (including phenoxy) is 1. The second kappa shape index (κ2) is 5.75. The molecule has 0 amide bonds. The van der Waals surface area contributed by atoms with Crippen LogP contribution in [0.2, 0.25) is 0 Å². The summed E-state index contributed by atoms with van der Waals surface area (Å²) in [6, 6.07) is 1.11. The summed E-state index contributed by atoms with van der Waals surface area (Å²) in [4.78, 5) is 0. The van der Waals surface area contributed by atoms with Gasteiger partial charge in [0.05, 0.1) is 6.61 Å². The molecule has 0 spiro atoms. The Kier molecular flexibility index (Phi) is 5.84. The lowest BCUT2D eigenvalue weighted by molar-refractivity contribution is 0.0561. The first-order valence-electron chi connectivity index (χ1n) is 4.29. The van der Waals surface area contributed by atoms with Crippen molar-refractivity contribution in [2.24, 2.45) is 5.73 Å². The highest BCUT2D eigenvalue weighted by atomic mass is 35.5. The van der Waals surface area contributed by atoms with Crippen molar-refractivity contribution in [3.8, 4) is 0 Å². The maximum absolute atomic E-state index is 5.88. The van der Waals surface area contributed by atoms with Crippen LogP contribution in [-0.4, -0.2) is 31.3 Å². The molecule has 3 N–H and O–H groups in total. The molecule has 2 unspecified atom stereocenters. The lowest BCUT2D eigenvalue weighted by Gasteiger charge is -2.30. The smallest absolute Gasteiger partial charge is 0.0634 e. The molecule has 2 atom stereocenters. The standard InChI is InChI=1S/C8H18N2O.ClH/c1-6(2)10-8-5-11-4-3-7(8)9;/h6-8,10H,3-5,9H2,1-2H3;1H. The van der Waals surface area contributed by atoms with Crippen molar-refractivity contribution in [3.63, 3.8) is 0 Å². The van der Waals surface area contributed by atoms with E-state index in [9.17, 15) is 0 Å². The van der Waals surface area contributed by atoms with Crippen LogP contribution in [0.1, 0.15) is 20.3 Å². The maximum Gasteiger partial charge on any atom is 0.0634 e.